The Morgan fingerprint density at radius 1 is 1.14 bits per heavy atom. The first-order valence-electron chi connectivity index (χ1n) is 6.96. The van der Waals surface area contributed by atoms with Crippen LogP contribution in [-0.4, -0.2) is 17.1 Å². The predicted molar refractivity (Wildman–Crippen MR) is 83.3 cm³/mol. The normalized spacial score (nSPS) is 9.90. The molecule has 0 amide bonds. The molecule has 0 aliphatic carbocycles. The molecule has 2 rings (SSSR count). The fourth-order valence-electron chi connectivity index (χ4n) is 2.21. The second kappa shape index (κ2) is 6.32. The summed E-state index contributed by atoms with van der Waals surface area (Å²) in [6.45, 7) is 6.04. The summed E-state index contributed by atoms with van der Waals surface area (Å²) >= 11 is 0. The Kier molecular flexibility index (Phi) is 4.49. The summed E-state index contributed by atoms with van der Waals surface area (Å²) in [5, 5.41) is 0. The Labute approximate surface area is 125 Å². The molecule has 0 fully saturated rings. The second-order valence-electron chi connectivity index (χ2n) is 4.82. The van der Waals surface area contributed by atoms with E-state index in [0.29, 0.717) is 12.2 Å². The Hall–Kier alpha value is -2.47. The maximum absolute atomic E-state index is 12.2. The van der Waals surface area contributed by atoms with E-state index in [2.05, 4.69) is 11.8 Å². The monoisotopic (exact) mass is 281 g/mol. The van der Waals surface area contributed by atoms with Crippen molar-refractivity contribution < 1.29 is 9.53 Å². The zero-order valence-corrected chi connectivity index (χ0v) is 12.9. The molecule has 0 saturated carbocycles. The van der Waals surface area contributed by atoms with Crippen molar-refractivity contribution in [1.82, 2.24) is 4.57 Å². The van der Waals surface area contributed by atoms with Crippen molar-refractivity contribution in [2.75, 3.05) is 6.61 Å². The van der Waals surface area contributed by atoms with E-state index < -0.39 is 0 Å². The third kappa shape index (κ3) is 3.00. The number of carbonyl (C=O) groups excluding carboxylic acids is 1. The summed E-state index contributed by atoms with van der Waals surface area (Å²) in [6.07, 6.45) is 0. The molecule has 1 aromatic carbocycles. The SMILES string of the molecule is CCOC(=O)c1c(C#Cc2ccccc2)c(C)n(C)c1C. The van der Waals surface area contributed by atoms with E-state index in [-0.39, 0.29) is 5.97 Å². The highest BCUT2D eigenvalue weighted by atomic mass is 16.5. The third-order valence-electron chi connectivity index (χ3n) is 3.57. The first kappa shape index (κ1) is 14.9. The number of benzene rings is 1. The van der Waals surface area contributed by atoms with Crippen molar-refractivity contribution in [1.29, 1.82) is 0 Å². The number of carbonyl (C=O) groups is 1. The highest BCUT2D eigenvalue weighted by Gasteiger charge is 2.21. The highest BCUT2D eigenvalue weighted by Crippen LogP contribution is 2.21. The summed E-state index contributed by atoms with van der Waals surface area (Å²) in [6, 6.07) is 9.73. The molecule has 3 nitrogen and oxygen atoms in total. The topological polar surface area (TPSA) is 31.2 Å². The van der Waals surface area contributed by atoms with Crippen LogP contribution in [0.3, 0.4) is 0 Å². The predicted octanol–water partition coefficient (Wildman–Crippen LogP) is 3.22. The van der Waals surface area contributed by atoms with Crippen LogP contribution in [0.15, 0.2) is 30.3 Å². The van der Waals surface area contributed by atoms with E-state index >= 15 is 0 Å². The lowest BCUT2D eigenvalue weighted by Gasteiger charge is -2.02. The molecule has 0 aliphatic rings. The Bertz CT molecular complexity index is 715. The molecule has 1 aromatic heterocycles. The zero-order chi connectivity index (χ0) is 15.4. The number of hydrogen-bond acceptors (Lipinski definition) is 2. The molecule has 0 atom stereocenters. The summed E-state index contributed by atoms with van der Waals surface area (Å²) < 4.78 is 7.12. The van der Waals surface area contributed by atoms with Crippen LogP contribution in [0.1, 0.15) is 39.8 Å². The lowest BCUT2D eigenvalue weighted by Crippen LogP contribution is -2.07. The van der Waals surface area contributed by atoms with Crippen LogP contribution in [0.4, 0.5) is 0 Å². The van der Waals surface area contributed by atoms with Crippen molar-refractivity contribution in [3.8, 4) is 11.8 Å². The van der Waals surface area contributed by atoms with Crippen LogP contribution in [0.2, 0.25) is 0 Å². The van der Waals surface area contributed by atoms with E-state index in [1.165, 1.54) is 0 Å². The molecule has 0 spiro atoms. The van der Waals surface area contributed by atoms with Gasteiger partial charge in [0.15, 0.2) is 0 Å². The maximum atomic E-state index is 12.2. The van der Waals surface area contributed by atoms with Crippen LogP contribution in [0.25, 0.3) is 0 Å². The number of esters is 1. The van der Waals surface area contributed by atoms with Gasteiger partial charge in [0.1, 0.15) is 0 Å². The molecule has 108 valence electrons. The molecule has 0 saturated heterocycles. The fourth-order valence-corrected chi connectivity index (χ4v) is 2.21. The summed E-state index contributed by atoms with van der Waals surface area (Å²) in [4.78, 5) is 12.2. The minimum absolute atomic E-state index is 0.309. The molecule has 1 heterocycles. The minimum Gasteiger partial charge on any atom is -0.462 e. The highest BCUT2D eigenvalue weighted by molar-refractivity contribution is 5.94. The van der Waals surface area contributed by atoms with Crippen molar-refractivity contribution in [3.63, 3.8) is 0 Å². The van der Waals surface area contributed by atoms with Gasteiger partial charge in [0.2, 0.25) is 0 Å². The van der Waals surface area contributed by atoms with Crippen LogP contribution in [0.5, 0.6) is 0 Å². The van der Waals surface area contributed by atoms with Crippen LogP contribution >= 0.6 is 0 Å². The summed E-state index contributed by atoms with van der Waals surface area (Å²) in [5.41, 5.74) is 4.09. The van der Waals surface area contributed by atoms with Crippen LogP contribution in [0, 0.1) is 25.7 Å². The molecule has 0 aliphatic heterocycles. The standard InChI is InChI=1S/C18H19NO2/c1-5-21-18(20)17-14(3)19(4)13(2)16(17)12-11-15-9-7-6-8-10-15/h6-10H,5H2,1-4H3. The lowest BCUT2D eigenvalue weighted by molar-refractivity contribution is 0.0525. The van der Waals surface area contributed by atoms with E-state index in [1.807, 2.05) is 55.8 Å². The Morgan fingerprint density at radius 3 is 2.43 bits per heavy atom. The van der Waals surface area contributed by atoms with Crippen molar-refractivity contribution >= 4 is 5.97 Å². The molecule has 2 aromatic rings. The van der Waals surface area contributed by atoms with Gasteiger partial charge in [-0.15, -0.1) is 0 Å². The van der Waals surface area contributed by atoms with Gasteiger partial charge in [-0.25, -0.2) is 4.79 Å². The van der Waals surface area contributed by atoms with Gasteiger partial charge in [0.05, 0.1) is 17.7 Å². The van der Waals surface area contributed by atoms with Gasteiger partial charge in [0, 0.05) is 24.0 Å². The summed E-state index contributed by atoms with van der Waals surface area (Å²) in [5.74, 6) is 5.93. The van der Waals surface area contributed by atoms with Gasteiger partial charge in [-0.1, -0.05) is 30.0 Å². The van der Waals surface area contributed by atoms with Gasteiger partial charge in [-0.3, -0.25) is 0 Å². The van der Waals surface area contributed by atoms with Gasteiger partial charge in [-0.05, 0) is 32.9 Å². The molecule has 0 bridgehead atoms. The first-order chi connectivity index (χ1) is 10.1. The zero-order valence-electron chi connectivity index (χ0n) is 12.9. The lowest BCUT2D eigenvalue weighted by atomic mass is 10.1. The average Bonchev–Trinajstić information content (AvgIpc) is 2.70. The van der Waals surface area contributed by atoms with Crippen molar-refractivity contribution in [2.24, 2.45) is 7.05 Å². The molecule has 0 unspecified atom stereocenters. The molecule has 0 radical (unpaired) electrons. The Balaban J connectivity index is 2.51. The quantitative estimate of drug-likeness (QED) is 0.625. The number of nitrogens with zero attached hydrogens (tertiary/aromatic N) is 1. The summed E-state index contributed by atoms with van der Waals surface area (Å²) in [7, 11) is 1.93. The van der Waals surface area contributed by atoms with Crippen LogP contribution < -0.4 is 0 Å². The number of hydrogen-bond donors (Lipinski definition) is 0. The maximum Gasteiger partial charge on any atom is 0.341 e. The molecular weight excluding hydrogens is 262 g/mol. The van der Waals surface area contributed by atoms with E-state index in [9.17, 15) is 4.79 Å². The number of rotatable bonds is 2. The number of ether oxygens (including phenoxy) is 1. The second-order valence-corrected chi connectivity index (χ2v) is 4.82. The molecular formula is C18H19NO2. The third-order valence-corrected chi connectivity index (χ3v) is 3.57. The minimum atomic E-state index is -0.309. The van der Waals surface area contributed by atoms with E-state index in [0.717, 1.165) is 22.5 Å². The van der Waals surface area contributed by atoms with Gasteiger partial charge in [-0.2, -0.15) is 0 Å². The Morgan fingerprint density at radius 2 is 1.81 bits per heavy atom. The van der Waals surface area contributed by atoms with E-state index in [1.54, 1.807) is 6.92 Å². The van der Waals surface area contributed by atoms with Crippen molar-refractivity contribution in [2.45, 2.75) is 20.8 Å². The molecule has 0 N–H and O–H groups in total. The molecule has 3 heteroatoms. The first-order valence-corrected chi connectivity index (χ1v) is 6.96. The smallest absolute Gasteiger partial charge is 0.341 e. The fraction of sp³-hybridized carbons (Fsp3) is 0.278. The van der Waals surface area contributed by atoms with Gasteiger partial charge in [0.25, 0.3) is 0 Å². The average molecular weight is 281 g/mol. The van der Waals surface area contributed by atoms with Gasteiger partial charge >= 0.3 is 5.97 Å². The van der Waals surface area contributed by atoms with Crippen LogP contribution in [-0.2, 0) is 11.8 Å². The van der Waals surface area contributed by atoms with E-state index in [4.69, 9.17) is 4.74 Å². The molecule has 21 heavy (non-hydrogen) atoms. The number of aromatic nitrogens is 1. The van der Waals surface area contributed by atoms with Gasteiger partial charge < -0.3 is 9.30 Å². The van der Waals surface area contributed by atoms with Crippen molar-refractivity contribution in [3.05, 3.63) is 58.4 Å². The largest absolute Gasteiger partial charge is 0.462 e.